The van der Waals surface area contributed by atoms with Crippen molar-refractivity contribution in [2.75, 3.05) is 10.5 Å². The van der Waals surface area contributed by atoms with Gasteiger partial charge in [0.05, 0.1) is 11.4 Å². The second kappa shape index (κ2) is 4.74. The first-order chi connectivity index (χ1) is 7.30. The second-order valence-electron chi connectivity index (χ2n) is 4.30. The van der Waals surface area contributed by atoms with E-state index in [1.807, 2.05) is 20.8 Å². The van der Waals surface area contributed by atoms with Crippen molar-refractivity contribution in [1.82, 2.24) is 0 Å². The van der Waals surface area contributed by atoms with Gasteiger partial charge in [-0.05, 0) is 30.5 Å². The predicted molar refractivity (Wildman–Crippen MR) is 65.1 cm³/mol. The number of benzene rings is 1. The average molecular weight is 243 g/mol. The van der Waals surface area contributed by atoms with Crippen LogP contribution in [0.25, 0.3) is 0 Å². The third kappa shape index (κ3) is 3.73. The van der Waals surface area contributed by atoms with Crippen LogP contribution in [0.15, 0.2) is 18.2 Å². The lowest BCUT2D eigenvalue weighted by Crippen LogP contribution is -2.20. The van der Waals surface area contributed by atoms with Gasteiger partial charge >= 0.3 is 0 Å². The lowest BCUT2D eigenvalue weighted by atomic mass is 10.2. The third-order valence-corrected chi connectivity index (χ3v) is 3.61. The highest BCUT2D eigenvalue weighted by molar-refractivity contribution is 7.92. The quantitative estimate of drug-likeness (QED) is 0.796. The van der Waals surface area contributed by atoms with Crippen LogP contribution in [-0.2, 0) is 10.0 Å². The summed E-state index contributed by atoms with van der Waals surface area (Å²) in [6.45, 7) is 5.48. The Labute approximate surface area is 96.4 Å². The summed E-state index contributed by atoms with van der Waals surface area (Å²) < 4.78 is 25.6. The van der Waals surface area contributed by atoms with E-state index in [0.717, 1.165) is 5.56 Å². The van der Waals surface area contributed by atoms with E-state index in [0.29, 0.717) is 0 Å². The number of phenols is 1. The molecule has 1 aromatic rings. The molecule has 0 unspecified atom stereocenters. The Morgan fingerprint density at radius 3 is 2.50 bits per heavy atom. The van der Waals surface area contributed by atoms with Gasteiger partial charge < -0.3 is 5.11 Å². The van der Waals surface area contributed by atoms with E-state index in [-0.39, 0.29) is 23.1 Å². The molecule has 2 N–H and O–H groups in total. The van der Waals surface area contributed by atoms with Gasteiger partial charge in [0.2, 0.25) is 10.0 Å². The van der Waals surface area contributed by atoms with E-state index in [9.17, 15) is 13.5 Å². The highest BCUT2D eigenvalue weighted by Gasteiger charge is 2.14. The van der Waals surface area contributed by atoms with Gasteiger partial charge in [-0.3, -0.25) is 4.72 Å². The highest BCUT2D eigenvalue weighted by Crippen LogP contribution is 2.25. The summed E-state index contributed by atoms with van der Waals surface area (Å²) in [6.07, 6.45) is 0. The number of aryl methyl sites for hydroxylation is 1. The molecule has 0 saturated carbocycles. The first kappa shape index (κ1) is 12.8. The molecule has 4 nitrogen and oxygen atoms in total. The monoisotopic (exact) mass is 243 g/mol. The van der Waals surface area contributed by atoms with Crippen LogP contribution >= 0.6 is 0 Å². The van der Waals surface area contributed by atoms with E-state index < -0.39 is 10.0 Å². The molecule has 0 saturated heterocycles. The Morgan fingerprint density at radius 1 is 1.38 bits per heavy atom. The van der Waals surface area contributed by atoms with E-state index in [1.165, 1.54) is 6.07 Å². The number of aromatic hydroxyl groups is 1. The first-order valence-electron chi connectivity index (χ1n) is 5.10. The Hall–Kier alpha value is -1.23. The lowest BCUT2D eigenvalue weighted by Gasteiger charge is -2.11. The van der Waals surface area contributed by atoms with Crippen LogP contribution in [0.5, 0.6) is 5.75 Å². The van der Waals surface area contributed by atoms with Gasteiger partial charge in [0.1, 0.15) is 5.75 Å². The van der Waals surface area contributed by atoms with E-state index in [1.54, 1.807) is 12.1 Å². The molecule has 0 radical (unpaired) electrons. The predicted octanol–water partition coefficient (Wildman–Crippen LogP) is 2.10. The third-order valence-electron chi connectivity index (χ3n) is 1.97. The van der Waals surface area contributed by atoms with Crippen LogP contribution < -0.4 is 4.72 Å². The largest absolute Gasteiger partial charge is 0.506 e. The fourth-order valence-corrected chi connectivity index (χ4v) is 2.84. The summed E-state index contributed by atoms with van der Waals surface area (Å²) in [6, 6.07) is 4.82. The summed E-state index contributed by atoms with van der Waals surface area (Å²) in [4.78, 5) is 0. The maximum absolute atomic E-state index is 11.6. The molecule has 5 heteroatoms. The minimum absolute atomic E-state index is 0.0420. The summed E-state index contributed by atoms with van der Waals surface area (Å²) in [5.74, 6) is 0.0396. The molecule has 1 aromatic carbocycles. The van der Waals surface area contributed by atoms with Crippen molar-refractivity contribution in [2.45, 2.75) is 20.8 Å². The topological polar surface area (TPSA) is 66.4 Å². The van der Waals surface area contributed by atoms with Crippen molar-refractivity contribution in [3.05, 3.63) is 23.8 Å². The smallest absolute Gasteiger partial charge is 0.233 e. The number of rotatable bonds is 4. The van der Waals surface area contributed by atoms with Crippen molar-refractivity contribution in [1.29, 1.82) is 0 Å². The molecule has 90 valence electrons. The molecule has 0 bridgehead atoms. The molecular weight excluding hydrogens is 226 g/mol. The Morgan fingerprint density at radius 2 is 2.00 bits per heavy atom. The van der Waals surface area contributed by atoms with Gasteiger partial charge in [0, 0.05) is 0 Å². The normalized spacial score (nSPS) is 11.8. The van der Waals surface area contributed by atoms with Crippen LogP contribution in [0.2, 0.25) is 0 Å². The van der Waals surface area contributed by atoms with Crippen molar-refractivity contribution < 1.29 is 13.5 Å². The highest BCUT2D eigenvalue weighted by atomic mass is 32.2. The SMILES string of the molecule is Cc1ccc(NS(=O)(=O)CC(C)C)c(O)c1. The second-order valence-corrected chi connectivity index (χ2v) is 6.06. The fraction of sp³-hybridized carbons (Fsp3) is 0.455. The molecule has 0 atom stereocenters. The van der Waals surface area contributed by atoms with Crippen LogP contribution in [0, 0.1) is 12.8 Å². The number of anilines is 1. The van der Waals surface area contributed by atoms with Gasteiger partial charge in [-0.15, -0.1) is 0 Å². The van der Waals surface area contributed by atoms with Crippen LogP contribution in [-0.4, -0.2) is 19.3 Å². The molecule has 0 heterocycles. The summed E-state index contributed by atoms with van der Waals surface area (Å²) in [7, 11) is -3.38. The van der Waals surface area contributed by atoms with Gasteiger partial charge in [0.15, 0.2) is 0 Å². The van der Waals surface area contributed by atoms with Gasteiger partial charge in [-0.2, -0.15) is 0 Å². The number of nitrogens with one attached hydrogen (secondary N) is 1. The maximum atomic E-state index is 11.6. The van der Waals surface area contributed by atoms with E-state index in [4.69, 9.17) is 0 Å². The zero-order valence-electron chi connectivity index (χ0n) is 9.69. The number of hydrogen-bond donors (Lipinski definition) is 2. The molecule has 1 rings (SSSR count). The van der Waals surface area contributed by atoms with Crippen LogP contribution in [0.4, 0.5) is 5.69 Å². The first-order valence-corrected chi connectivity index (χ1v) is 6.75. The van der Waals surface area contributed by atoms with Crippen LogP contribution in [0.3, 0.4) is 0 Å². The average Bonchev–Trinajstić information content (AvgIpc) is 2.07. The summed E-state index contributed by atoms with van der Waals surface area (Å²) in [5, 5.41) is 9.56. The zero-order valence-corrected chi connectivity index (χ0v) is 10.5. The summed E-state index contributed by atoms with van der Waals surface area (Å²) >= 11 is 0. The standard InChI is InChI=1S/C11H17NO3S/c1-8(2)7-16(14,15)12-10-5-4-9(3)6-11(10)13/h4-6,8,12-13H,7H2,1-3H3. The van der Waals surface area contributed by atoms with Crippen molar-refractivity contribution >= 4 is 15.7 Å². The minimum atomic E-state index is -3.38. The Kier molecular flexibility index (Phi) is 3.80. The zero-order chi connectivity index (χ0) is 12.3. The van der Waals surface area contributed by atoms with Gasteiger partial charge in [-0.1, -0.05) is 19.9 Å². The van der Waals surface area contributed by atoms with Crippen molar-refractivity contribution in [2.24, 2.45) is 5.92 Å². The number of phenolic OH excluding ortho intramolecular Hbond substituents is 1. The maximum Gasteiger partial charge on any atom is 0.233 e. The molecule has 0 spiro atoms. The number of sulfonamides is 1. The minimum Gasteiger partial charge on any atom is -0.506 e. The molecule has 0 aliphatic heterocycles. The molecular formula is C11H17NO3S. The molecule has 0 aromatic heterocycles. The van der Waals surface area contributed by atoms with Crippen molar-refractivity contribution in [3.8, 4) is 5.75 Å². The van der Waals surface area contributed by atoms with Gasteiger partial charge in [0.25, 0.3) is 0 Å². The molecule has 0 aliphatic carbocycles. The Bertz CT molecular complexity index is 466. The molecule has 0 amide bonds. The van der Waals surface area contributed by atoms with Crippen molar-refractivity contribution in [3.63, 3.8) is 0 Å². The number of hydrogen-bond acceptors (Lipinski definition) is 3. The van der Waals surface area contributed by atoms with E-state index >= 15 is 0 Å². The van der Waals surface area contributed by atoms with E-state index in [2.05, 4.69) is 4.72 Å². The molecule has 16 heavy (non-hydrogen) atoms. The van der Waals surface area contributed by atoms with Crippen LogP contribution in [0.1, 0.15) is 19.4 Å². The van der Waals surface area contributed by atoms with Gasteiger partial charge in [-0.25, -0.2) is 8.42 Å². The lowest BCUT2D eigenvalue weighted by molar-refractivity contribution is 0.477. The summed E-state index contributed by atoms with van der Waals surface area (Å²) in [5.41, 5.74) is 1.11. The fourth-order valence-electron chi connectivity index (χ4n) is 1.38. The Balaban J connectivity index is 2.88. The molecule has 0 fully saturated rings. The molecule has 0 aliphatic rings.